The third-order valence-electron chi connectivity index (χ3n) is 0.762. The molecule has 0 aromatic rings. The van der Waals surface area contributed by atoms with E-state index in [1.54, 1.807) is 0 Å². The van der Waals surface area contributed by atoms with Crippen molar-refractivity contribution in [3.63, 3.8) is 0 Å². The standard InChI is InChI=1S/C6H12O4/c1-3-9-4-6(7)10-5-8-2/h3-5H2,1-2H3. The van der Waals surface area contributed by atoms with Crippen LogP contribution in [0.3, 0.4) is 0 Å². The van der Waals surface area contributed by atoms with Crippen LogP contribution < -0.4 is 0 Å². The number of rotatable bonds is 5. The first-order chi connectivity index (χ1) is 4.81. The van der Waals surface area contributed by atoms with Gasteiger partial charge in [0.1, 0.15) is 6.61 Å². The zero-order valence-electron chi connectivity index (χ0n) is 6.25. The molecule has 0 aromatic heterocycles. The molecule has 0 spiro atoms. The summed E-state index contributed by atoms with van der Waals surface area (Å²) in [5, 5.41) is 0. The third kappa shape index (κ3) is 5.53. The summed E-state index contributed by atoms with van der Waals surface area (Å²) in [6.07, 6.45) is 0. The van der Waals surface area contributed by atoms with Crippen LogP contribution in [-0.2, 0) is 19.0 Å². The minimum atomic E-state index is -0.399. The monoisotopic (exact) mass is 148 g/mol. The molecule has 4 nitrogen and oxygen atoms in total. The van der Waals surface area contributed by atoms with Crippen LogP contribution in [0.25, 0.3) is 0 Å². The molecule has 0 amide bonds. The quantitative estimate of drug-likeness (QED) is 0.412. The molecule has 0 unspecified atom stereocenters. The third-order valence-corrected chi connectivity index (χ3v) is 0.762. The van der Waals surface area contributed by atoms with Gasteiger partial charge in [-0.1, -0.05) is 0 Å². The van der Waals surface area contributed by atoms with Gasteiger partial charge in [0.15, 0.2) is 6.79 Å². The van der Waals surface area contributed by atoms with Crippen LogP contribution in [0.4, 0.5) is 0 Å². The fraction of sp³-hybridized carbons (Fsp3) is 0.833. The average molecular weight is 148 g/mol. The molecular weight excluding hydrogens is 136 g/mol. The van der Waals surface area contributed by atoms with Gasteiger partial charge in [-0.2, -0.15) is 0 Å². The molecule has 0 aliphatic carbocycles. The lowest BCUT2D eigenvalue weighted by molar-refractivity contribution is -0.159. The summed E-state index contributed by atoms with van der Waals surface area (Å²) in [5.74, 6) is -0.399. The maximum absolute atomic E-state index is 10.5. The molecule has 0 fully saturated rings. The lowest BCUT2D eigenvalue weighted by Gasteiger charge is -2.01. The SMILES string of the molecule is CCOCC(=O)OCOC. The van der Waals surface area contributed by atoms with Gasteiger partial charge < -0.3 is 14.2 Å². The molecule has 0 radical (unpaired) electrons. The summed E-state index contributed by atoms with van der Waals surface area (Å²) >= 11 is 0. The van der Waals surface area contributed by atoms with Gasteiger partial charge in [-0.15, -0.1) is 0 Å². The smallest absolute Gasteiger partial charge is 0.334 e. The van der Waals surface area contributed by atoms with Gasteiger partial charge >= 0.3 is 5.97 Å². The number of hydrogen-bond acceptors (Lipinski definition) is 4. The van der Waals surface area contributed by atoms with Gasteiger partial charge in [0.2, 0.25) is 0 Å². The van der Waals surface area contributed by atoms with Crippen LogP contribution in [0.5, 0.6) is 0 Å². The highest BCUT2D eigenvalue weighted by molar-refractivity contribution is 5.70. The second kappa shape index (κ2) is 6.51. The maximum Gasteiger partial charge on any atom is 0.334 e. The maximum atomic E-state index is 10.5. The van der Waals surface area contributed by atoms with Crippen molar-refractivity contribution in [3.05, 3.63) is 0 Å². The van der Waals surface area contributed by atoms with Gasteiger partial charge in [0.25, 0.3) is 0 Å². The Kier molecular flexibility index (Phi) is 6.11. The van der Waals surface area contributed by atoms with Crippen molar-refractivity contribution in [1.82, 2.24) is 0 Å². The Labute approximate surface area is 60.1 Å². The summed E-state index contributed by atoms with van der Waals surface area (Å²) in [5.41, 5.74) is 0. The highest BCUT2D eigenvalue weighted by atomic mass is 16.7. The van der Waals surface area contributed by atoms with Gasteiger partial charge in [-0.3, -0.25) is 0 Å². The molecule has 0 aliphatic heterocycles. The highest BCUT2D eigenvalue weighted by Crippen LogP contribution is 1.80. The Morgan fingerprint density at radius 2 is 2.20 bits per heavy atom. The first-order valence-electron chi connectivity index (χ1n) is 3.03. The van der Waals surface area contributed by atoms with E-state index in [0.717, 1.165) is 0 Å². The molecule has 0 saturated heterocycles. The normalized spacial score (nSPS) is 9.40. The molecule has 0 aromatic carbocycles. The topological polar surface area (TPSA) is 44.8 Å². The predicted octanol–water partition coefficient (Wildman–Crippen LogP) is 0.170. The van der Waals surface area contributed by atoms with E-state index in [1.807, 2.05) is 6.92 Å². The molecule has 0 N–H and O–H groups in total. The highest BCUT2D eigenvalue weighted by Gasteiger charge is 1.99. The van der Waals surface area contributed by atoms with E-state index < -0.39 is 5.97 Å². The molecule has 0 atom stereocenters. The molecule has 10 heavy (non-hydrogen) atoms. The first kappa shape index (κ1) is 9.39. The second-order valence-electron chi connectivity index (χ2n) is 1.56. The van der Waals surface area contributed by atoms with E-state index in [2.05, 4.69) is 9.47 Å². The zero-order chi connectivity index (χ0) is 7.82. The Balaban J connectivity index is 3.09. The van der Waals surface area contributed by atoms with Crippen molar-refractivity contribution in [2.45, 2.75) is 6.92 Å². The van der Waals surface area contributed by atoms with Crippen molar-refractivity contribution >= 4 is 5.97 Å². The Morgan fingerprint density at radius 3 is 2.70 bits per heavy atom. The van der Waals surface area contributed by atoms with Crippen LogP contribution in [0, 0.1) is 0 Å². The van der Waals surface area contributed by atoms with Crippen LogP contribution in [0.15, 0.2) is 0 Å². The van der Waals surface area contributed by atoms with Gasteiger partial charge in [-0.25, -0.2) is 4.79 Å². The summed E-state index contributed by atoms with van der Waals surface area (Å²) in [7, 11) is 1.45. The van der Waals surface area contributed by atoms with E-state index in [1.165, 1.54) is 7.11 Å². The minimum absolute atomic E-state index is 0.000139. The lowest BCUT2D eigenvalue weighted by atomic mass is 10.7. The van der Waals surface area contributed by atoms with Crippen molar-refractivity contribution in [3.8, 4) is 0 Å². The van der Waals surface area contributed by atoms with E-state index in [9.17, 15) is 4.79 Å². The van der Waals surface area contributed by atoms with Crippen LogP contribution >= 0.6 is 0 Å². The summed E-state index contributed by atoms with van der Waals surface area (Å²) in [6, 6.07) is 0. The van der Waals surface area contributed by atoms with Crippen molar-refractivity contribution in [2.24, 2.45) is 0 Å². The van der Waals surface area contributed by atoms with E-state index >= 15 is 0 Å². The van der Waals surface area contributed by atoms with Crippen molar-refractivity contribution in [1.29, 1.82) is 0 Å². The molecular formula is C6H12O4. The van der Waals surface area contributed by atoms with Gasteiger partial charge in [0, 0.05) is 13.7 Å². The number of esters is 1. The number of methoxy groups -OCH3 is 1. The number of carbonyl (C=O) groups excluding carboxylic acids is 1. The fourth-order valence-corrected chi connectivity index (χ4v) is 0.352. The minimum Gasteiger partial charge on any atom is -0.437 e. The van der Waals surface area contributed by atoms with Gasteiger partial charge in [0.05, 0.1) is 0 Å². The Hall–Kier alpha value is -0.610. The summed E-state index contributed by atoms with van der Waals surface area (Å²) in [4.78, 5) is 10.5. The predicted molar refractivity (Wildman–Crippen MR) is 34.5 cm³/mol. The van der Waals surface area contributed by atoms with E-state index in [4.69, 9.17) is 4.74 Å². The average Bonchev–Trinajstić information content (AvgIpc) is 1.97. The van der Waals surface area contributed by atoms with Crippen LogP contribution in [0.1, 0.15) is 6.92 Å². The summed E-state index contributed by atoms with van der Waals surface area (Å²) in [6.45, 7) is 2.32. The zero-order valence-corrected chi connectivity index (χ0v) is 6.25. The van der Waals surface area contributed by atoms with E-state index in [0.29, 0.717) is 6.61 Å². The van der Waals surface area contributed by atoms with E-state index in [-0.39, 0.29) is 13.4 Å². The molecule has 0 aliphatic rings. The van der Waals surface area contributed by atoms with Gasteiger partial charge in [-0.05, 0) is 6.92 Å². The number of ether oxygens (including phenoxy) is 3. The largest absolute Gasteiger partial charge is 0.437 e. The molecule has 4 heteroatoms. The Morgan fingerprint density at radius 1 is 1.50 bits per heavy atom. The molecule has 60 valence electrons. The second-order valence-corrected chi connectivity index (χ2v) is 1.56. The number of hydrogen-bond donors (Lipinski definition) is 0. The summed E-state index contributed by atoms with van der Waals surface area (Å²) < 4.78 is 13.8. The molecule has 0 bridgehead atoms. The fourth-order valence-electron chi connectivity index (χ4n) is 0.352. The molecule has 0 rings (SSSR count). The van der Waals surface area contributed by atoms with Crippen molar-refractivity contribution in [2.75, 3.05) is 27.1 Å². The van der Waals surface area contributed by atoms with Crippen LogP contribution in [-0.4, -0.2) is 33.1 Å². The van der Waals surface area contributed by atoms with Crippen molar-refractivity contribution < 1.29 is 19.0 Å². The first-order valence-corrected chi connectivity index (χ1v) is 3.03. The van der Waals surface area contributed by atoms with Crippen LogP contribution in [0.2, 0.25) is 0 Å². The molecule has 0 saturated carbocycles. The number of carbonyl (C=O) groups is 1. The lowest BCUT2D eigenvalue weighted by Crippen LogP contribution is -2.13. The molecule has 0 heterocycles. The Bertz CT molecular complexity index is 81.7.